The molecule has 0 aliphatic heterocycles. The van der Waals surface area contributed by atoms with Crippen LogP contribution in [-0.4, -0.2) is 19.1 Å². The van der Waals surface area contributed by atoms with Gasteiger partial charge in [0, 0.05) is 19.1 Å². The van der Waals surface area contributed by atoms with E-state index in [0.717, 1.165) is 43.7 Å². The second-order valence-electron chi connectivity index (χ2n) is 6.08. The Morgan fingerprint density at radius 2 is 1.81 bits per heavy atom. The van der Waals surface area contributed by atoms with Gasteiger partial charge in [-0.3, -0.25) is 0 Å². The summed E-state index contributed by atoms with van der Waals surface area (Å²) in [6.45, 7) is 13.3. The number of anilines is 1. The minimum Gasteiger partial charge on any atom is -0.366 e. The summed E-state index contributed by atoms with van der Waals surface area (Å²) < 4.78 is 14.5. The summed E-state index contributed by atoms with van der Waals surface area (Å²) in [5, 5.41) is 3.24. The van der Waals surface area contributed by atoms with Gasteiger partial charge in [-0.1, -0.05) is 40.7 Å². The van der Waals surface area contributed by atoms with Gasteiger partial charge in [-0.2, -0.15) is 0 Å². The number of rotatable bonds is 9. The molecule has 0 atom stereocenters. The molecule has 1 aromatic carbocycles. The van der Waals surface area contributed by atoms with Gasteiger partial charge >= 0.3 is 0 Å². The maximum atomic E-state index is 14.5. The first-order chi connectivity index (χ1) is 10.0. The first-order valence-electron chi connectivity index (χ1n) is 8.29. The van der Waals surface area contributed by atoms with Gasteiger partial charge in [-0.15, -0.1) is 0 Å². The molecule has 120 valence electrons. The van der Waals surface area contributed by atoms with Gasteiger partial charge in [-0.05, 0) is 43.0 Å². The zero-order valence-electron chi connectivity index (χ0n) is 14.2. The highest BCUT2D eigenvalue weighted by atomic mass is 19.1. The van der Waals surface area contributed by atoms with Gasteiger partial charge in [0.15, 0.2) is 0 Å². The molecule has 1 aromatic rings. The van der Waals surface area contributed by atoms with E-state index in [2.05, 4.69) is 44.8 Å². The van der Waals surface area contributed by atoms with Gasteiger partial charge in [0.25, 0.3) is 0 Å². The molecule has 0 heterocycles. The average molecular weight is 294 g/mol. The Balaban J connectivity index is 3.01. The summed E-state index contributed by atoms with van der Waals surface area (Å²) in [6, 6.07) is 6.06. The first kappa shape index (κ1) is 18.0. The fourth-order valence-electron chi connectivity index (χ4n) is 2.73. The zero-order chi connectivity index (χ0) is 15.8. The number of nitrogens with one attached hydrogen (secondary N) is 1. The Hall–Kier alpha value is -1.09. The lowest BCUT2D eigenvalue weighted by Gasteiger charge is -2.34. The summed E-state index contributed by atoms with van der Waals surface area (Å²) in [4.78, 5) is 2.25. The molecule has 0 aliphatic rings. The van der Waals surface area contributed by atoms with Crippen LogP contribution in [0.4, 0.5) is 10.1 Å². The number of nitrogens with zero attached hydrogens (tertiary/aromatic N) is 1. The van der Waals surface area contributed by atoms with Crippen LogP contribution in [-0.2, 0) is 6.54 Å². The number of halogens is 1. The Bertz CT molecular complexity index is 414. The average Bonchev–Trinajstić information content (AvgIpc) is 2.45. The predicted molar refractivity (Wildman–Crippen MR) is 90.3 cm³/mol. The van der Waals surface area contributed by atoms with Crippen molar-refractivity contribution >= 4 is 5.69 Å². The van der Waals surface area contributed by atoms with Crippen LogP contribution in [0, 0.1) is 11.7 Å². The van der Waals surface area contributed by atoms with E-state index in [-0.39, 0.29) is 5.82 Å². The first-order valence-corrected chi connectivity index (χ1v) is 8.29. The fourth-order valence-corrected chi connectivity index (χ4v) is 2.73. The lowest BCUT2D eigenvalue weighted by Crippen LogP contribution is -2.38. The lowest BCUT2D eigenvalue weighted by atomic mass is 10.0. The largest absolute Gasteiger partial charge is 0.366 e. The minimum absolute atomic E-state index is 0.0991. The van der Waals surface area contributed by atoms with Crippen LogP contribution < -0.4 is 10.2 Å². The van der Waals surface area contributed by atoms with Crippen LogP contribution >= 0.6 is 0 Å². The monoisotopic (exact) mass is 294 g/mol. The molecule has 0 spiro atoms. The molecule has 0 amide bonds. The Morgan fingerprint density at radius 3 is 2.29 bits per heavy atom. The molecule has 1 N–H and O–H groups in total. The molecule has 2 nitrogen and oxygen atoms in total. The van der Waals surface area contributed by atoms with E-state index in [1.807, 2.05) is 12.1 Å². The predicted octanol–water partition coefficient (Wildman–Crippen LogP) is 4.59. The highest BCUT2D eigenvalue weighted by molar-refractivity contribution is 5.50. The maximum Gasteiger partial charge on any atom is 0.146 e. The van der Waals surface area contributed by atoms with Crippen LogP contribution in [0.15, 0.2) is 18.2 Å². The second kappa shape index (κ2) is 9.04. The SMILES string of the molecule is CCNCc1ccc(N(CC(C)C)C(CC)CC)c(F)c1. The smallest absolute Gasteiger partial charge is 0.146 e. The summed E-state index contributed by atoms with van der Waals surface area (Å²) in [5.41, 5.74) is 1.75. The van der Waals surface area contributed by atoms with E-state index in [0.29, 0.717) is 12.0 Å². The number of hydrogen-bond donors (Lipinski definition) is 1. The molecule has 0 saturated heterocycles. The van der Waals surface area contributed by atoms with E-state index >= 15 is 0 Å². The summed E-state index contributed by atoms with van der Waals surface area (Å²) >= 11 is 0. The molecule has 1 rings (SSSR count). The molecule has 3 heteroatoms. The third kappa shape index (κ3) is 5.31. The topological polar surface area (TPSA) is 15.3 Å². The van der Waals surface area contributed by atoms with Crippen LogP contribution in [0.25, 0.3) is 0 Å². The molecule has 21 heavy (non-hydrogen) atoms. The highest BCUT2D eigenvalue weighted by Gasteiger charge is 2.20. The molecule has 0 fully saturated rings. The van der Waals surface area contributed by atoms with E-state index in [1.54, 1.807) is 6.07 Å². The van der Waals surface area contributed by atoms with Crippen molar-refractivity contribution in [2.24, 2.45) is 5.92 Å². The normalized spacial score (nSPS) is 11.4. The number of hydrogen-bond acceptors (Lipinski definition) is 2. The maximum absolute atomic E-state index is 14.5. The molecule has 0 radical (unpaired) electrons. The second-order valence-corrected chi connectivity index (χ2v) is 6.08. The third-order valence-corrected chi connectivity index (χ3v) is 3.85. The van der Waals surface area contributed by atoms with Crippen molar-refractivity contribution in [3.63, 3.8) is 0 Å². The molecule has 0 aromatic heterocycles. The van der Waals surface area contributed by atoms with Gasteiger partial charge < -0.3 is 10.2 Å². The van der Waals surface area contributed by atoms with E-state index in [1.165, 1.54) is 0 Å². The van der Waals surface area contributed by atoms with Gasteiger partial charge in [0.05, 0.1) is 5.69 Å². The molecule has 0 unspecified atom stereocenters. The van der Waals surface area contributed by atoms with Crippen molar-refractivity contribution in [3.05, 3.63) is 29.6 Å². The van der Waals surface area contributed by atoms with Crippen molar-refractivity contribution in [1.29, 1.82) is 0 Å². The van der Waals surface area contributed by atoms with Crippen molar-refractivity contribution in [3.8, 4) is 0 Å². The van der Waals surface area contributed by atoms with Gasteiger partial charge in [-0.25, -0.2) is 4.39 Å². The van der Waals surface area contributed by atoms with Crippen LogP contribution in [0.2, 0.25) is 0 Å². The zero-order valence-corrected chi connectivity index (χ0v) is 14.2. The van der Waals surface area contributed by atoms with E-state index in [9.17, 15) is 4.39 Å². The van der Waals surface area contributed by atoms with E-state index < -0.39 is 0 Å². The minimum atomic E-state index is -0.0991. The Labute approximate surface area is 129 Å². The Kier molecular flexibility index (Phi) is 7.73. The van der Waals surface area contributed by atoms with Crippen LogP contribution in [0.1, 0.15) is 53.0 Å². The van der Waals surface area contributed by atoms with Gasteiger partial charge in [0.2, 0.25) is 0 Å². The summed E-state index contributed by atoms with van der Waals surface area (Å²) in [5.74, 6) is 0.421. The standard InChI is InChI=1S/C18H31FN2/c1-6-16(7-2)21(13-14(4)5)18-10-9-15(11-17(18)19)12-20-8-3/h9-11,14,16,20H,6-8,12-13H2,1-5H3. The molecular formula is C18H31FN2. The Morgan fingerprint density at radius 1 is 1.14 bits per heavy atom. The quantitative estimate of drug-likeness (QED) is 0.717. The van der Waals surface area contributed by atoms with Crippen molar-refractivity contribution in [2.75, 3.05) is 18.0 Å². The van der Waals surface area contributed by atoms with Gasteiger partial charge in [0.1, 0.15) is 5.82 Å². The summed E-state index contributed by atoms with van der Waals surface area (Å²) in [7, 11) is 0. The molecule has 0 saturated carbocycles. The molecule has 0 bridgehead atoms. The number of benzene rings is 1. The van der Waals surface area contributed by atoms with Crippen molar-refractivity contribution in [2.45, 2.75) is 60.0 Å². The van der Waals surface area contributed by atoms with E-state index in [4.69, 9.17) is 0 Å². The lowest BCUT2D eigenvalue weighted by molar-refractivity contribution is 0.495. The summed E-state index contributed by atoms with van der Waals surface area (Å²) in [6.07, 6.45) is 2.09. The van der Waals surface area contributed by atoms with Crippen LogP contribution in [0.5, 0.6) is 0 Å². The third-order valence-electron chi connectivity index (χ3n) is 3.85. The molecule has 0 aliphatic carbocycles. The van der Waals surface area contributed by atoms with Crippen LogP contribution in [0.3, 0.4) is 0 Å². The molecular weight excluding hydrogens is 263 g/mol. The highest BCUT2D eigenvalue weighted by Crippen LogP contribution is 2.26. The van der Waals surface area contributed by atoms with Crippen molar-refractivity contribution < 1.29 is 4.39 Å². The fraction of sp³-hybridized carbons (Fsp3) is 0.667. The van der Waals surface area contributed by atoms with Crippen molar-refractivity contribution in [1.82, 2.24) is 5.32 Å².